The third-order valence-corrected chi connectivity index (χ3v) is 5.78. The van der Waals surface area contributed by atoms with Gasteiger partial charge in [-0.05, 0) is 24.3 Å². The Balaban J connectivity index is 1.53. The second-order valence-electron chi connectivity index (χ2n) is 6.27. The minimum Gasteiger partial charge on any atom is -0.497 e. The molecule has 0 unspecified atom stereocenters. The number of rotatable bonds is 9. The first kappa shape index (κ1) is 21.4. The minimum absolute atomic E-state index is 0.0564. The number of aromatic amines is 1. The maximum absolute atomic E-state index is 12.4. The highest BCUT2D eigenvalue weighted by atomic mass is 32.2. The molecule has 160 valence electrons. The van der Waals surface area contributed by atoms with E-state index >= 15 is 0 Å². The first-order valence-corrected chi connectivity index (χ1v) is 10.4. The van der Waals surface area contributed by atoms with Gasteiger partial charge < -0.3 is 19.2 Å². The second-order valence-corrected chi connectivity index (χ2v) is 8.04. The molecule has 1 heterocycles. The van der Waals surface area contributed by atoms with Crippen molar-refractivity contribution in [2.75, 3.05) is 20.8 Å². The van der Waals surface area contributed by atoms with Gasteiger partial charge in [-0.2, -0.15) is 0 Å². The molecule has 3 aromatic rings. The lowest BCUT2D eigenvalue weighted by atomic mass is 10.2. The van der Waals surface area contributed by atoms with Gasteiger partial charge in [0.25, 0.3) is 0 Å². The van der Waals surface area contributed by atoms with E-state index in [-0.39, 0.29) is 35.9 Å². The summed E-state index contributed by atoms with van der Waals surface area (Å²) in [5.74, 6) is 0.205. The van der Waals surface area contributed by atoms with Crippen LogP contribution in [0.5, 0.6) is 11.5 Å². The smallest absolute Gasteiger partial charge is 0.417 e. The van der Waals surface area contributed by atoms with E-state index in [0.29, 0.717) is 17.0 Å². The zero-order valence-electron chi connectivity index (χ0n) is 16.4. The van der Waals surface area contributed by atoms with Crippen LogP contribution in [-0.4, -0.2) is 40.1 Å². The number of sulfonamides is 1. The van der Waals surface area contributed by atoms with E-state index in [1.165, 1.54) is 25.3 Å². The molecule has 0 saturated carbocycles. The van der Waals surface area contributed by atoms with Crippen molar-refractivity contribution in [3.8, 4) is 11.5 Å². The summed E-state index contributed by atoms with van der Waals surface area (Å²) in [5, 5.41) is 2.72. The lowest BCUT2D eigenvalue weighted by Gasteiger charge is -2.11. The van der Waals surface area contributed by atoms with Crippen LogP contribution in [0.2, 0.25) is 0 Å². The van der Waals surface area contributed by atoms with Crippen LogP contribution < -0.4 is 25.3 Å². The van der Waals surface area contributed by atoms with Crippen molar-refractivity contribution in [1.82, 2.24) is 15.0 Å². The zero-order valence-corrected chi connectivity index (χ0v) is 17.2. The summed E-state index contributed by atoms with van der Waals surface area (Å²) < 4.78 is 42.4. The van der Waals surface area contributed by atoms with Crippen molar-refractivity contribution >= 4 is 27.0 Å². The molecule has 0 saturated heterocycles. The second kappa shape index (κ2) is 9.01. The number of amides is 1. The summed E-state index contributed by atoms with van der Waals surface area (Å²) >= 11 is 0. The van der Waals surface area contributed by atoms with Crippen LogP contribution in [0.15, 0.2) is 50.5 Å². The summed E-state index contributed by atoms with van der Waals surface area (Å²) in [7, 11) is -0.800. The quantitative estimate of drug-likeness (QED) is 0.458. The summed E-state index contributed by atoms with van der Waals surface area (Å²) in [4.78, 5) is 25.6. The van der Waals surface area contributed by atoms with Gasteiger partial charge in [0.15, 0.2) is 5.58 Å². The zero-order chi connectivity index (χ0) is 21.7. The van der Waals surface area contributed by atoms with Crippen molar-refractivity contribution in [3.63, 3.8) is 0 Å². The molecule has 3 N–H and O–H groups in total. The summed E-state index contributed by atoms with van der Waals surface area (Å²) in [6.45, 7) is 0.130. The van der Waals surface area contributed by atoms with Crippen LogP contribution in [0.25, 0.3) is 11.1 Å². The van der Waals surface area contributed by atoms with E-state index in [1.54, 1.807) is 25.3 Å². The molecule has 11 heteroatoms. The van der Waals surface area contributed by atoms with E-state index in [4.69, 9.17) is 13.9 Å². The molecule has 0 radical (unpaired) electrons. The standard InChI is InChI=1S/C19H21N3O7S/c1-27-13-4-3-12(16(9-13)28-2)11-20-18(23)7-8-21-30(25,26)14-5-6-15-17(10-14)29-19(24)22-15/h3-6,9-10,21H,7-8,11H2,1-2H3,(H,20,23)(H,22,24). The van der Waals surface area contributed by atoms with E-state index < -0.39 is 15.8 Å². The van der Waals surface area contributed by atoms with Crippen molar-refractivity contribution < 1.29 is 27.1 Å². The molecule has 3 rings (SSSR count). The SMILES string of the molecule is COc1ccc(CNC(=O)CCNS(=O)(=O)c2ccc3[nH]c(=O)oc3c2)c(OC)c1. The third-order valence-electron chi connectivity index (χ3n) is 4.32. The minimum atomic E-state index is -3.86. The number of carbonyl (C=O) groups is 1. The number of carbonyl (C=O) groups excluding carboxylic acids is 1. The normalized spacial score (nSPS) is 11.4. The Bertz CT molecular complexity index is 1210. The van der Waals surface area contributed by atoms with Gasteiger partial charge in [-0.3, -0.25) is 9.78 Å². The summed E-state index contributed by atoms with van der Waals surface area (Å²) in [6, 6.07) is 9.25. The first-order valence-electron chi connectivity index (χ1n) is 8.92. The average molecular weight is 435 g/mol. The number of H-pyrrole nitrogens is 1. The molecule has 0 aliphatic heterocycles. The third kappa shape index (κ3) is 4.99. The molecule has 0 aliphatic rings. The Labute approximate surface area is 172 Å². The maximum atomic E-state index is 12.4. The monoisotopic (exact) mass is 435 g/mol. The van der Waals surface area contributed by atoms with Gasteiger partial charge in [0, 0.05) is 37.2 Å². The predicted octanol–water partition coefficient (Wildman–Crippen LogP) is 1.12. The Morgan fingerprint density at radius 3 is 2.67 bits per heavy atom. The van der Waals surface area contributed by atoms with Crippen molar-refractivity contribution in [3.05, 3.63) is 52.5 Å². The van der Waals surface area contributed by atoms with Gasteiger partial charge in [-0.1, -0.05) is 0 Å². The molecule has 30 heavy (non-hydrogen) atoms. The van der Waals surface area contributed by atoms with E-state index in [2.05, 4.69) is 15.0 Å². The van der Waals surface area contributed by atoms with Gasteiger partial charge in [0.05, 0.1) is 24.6 Å². The van der Waals surface area contributed by atoms with Crippen LogP contribution in [0.1, 0.15) is 12.0 Å². The molecular formula is C19H21N3O7S. The number of benzene rings is 2. The molecule has 0 aliphatic carbocycles. The first-order chi connectivity index (χ1) is 14.3. The molecule has 0 atom stereocenters. The lowest BCUT2D eigenvalue weighted by Crippen LogP contribution is -2.30. The van der Waals surface area contributed by atoms with Gasteiger partial charge in [-0.25, -0.2) is 17.9 Å². The number of hydrogen-bond donors (Lipinski definition) is 3. The molecule has 1 aromatic heterocycles. The number of ether oxygens (including phenoxy) is 2. The van der Waals surface area contributed by atoms with Gasteiger partial charge in [0.1, 0.15) is 11.5 Å². The topological polar surface area (TPSA) is 140 Å². The molecular weight excluding hydrogens is 414 g/mol. The maximum Gasteiger partial charge on any atom is 0.417 e. The predicted molar refractivity (Wildman–Crippen MR) is 108 cm³/mol. The number of fused-ring (bicyclic) bond motifs is 1. The van der Waals surface area contributed by atoms with Crippen molar-refractivity contribution in [2.24, 2.45) is 0 Å². The highest BCUT2D eigenvalue weighted by Gasteiger charge is 2.16. The van der Waals surface area contributed by atoms with Crippen molar-refractivity contribution in [2.45, 2.75) is 17.9 Å². The van der Waals surface area contributed by atoms with E-state index in [1.807, 2.05) is 0 Å². The van der Waals surface area contributed by atoms with E-state index in [9.17, 15) is 18.0 Å². The number of methoxy groups -OCH3 is 2. The van der Waals surface area contributed by atoms with Gasteiger partial charge >= 0.3 is 5.76 Å². The number of hydrogen-bond acceptors (Lipinski definition) is 7. The Kier molecular flexibility index (Phi) is 6.43. The number of oxazole rings is 1. The highest BCUT2D eigenvalue weighted by Crippen LogP contribution is 2.24. The fourth-order valence-electron chi connectivity index (χ4n) is 2.76. The molecule has 0 fully saturated rings. The largest absolute Gasteiger partial charge is 0.497 e. The summed E-state index contributed by atoms with van der Waals surface area (Å²) in [5.41, 5.74) is 1.29. The summed E-state index contributed by atoms with van der Waals surface area (Å²) in [6.07, 6.45) is -0.0564. The van der Waals surface area contributed by atoms with Gasteiger partial charge in [0.2, 0.25) is 15.9 Å². The fourth-order valence-corrected chi connectivity index (χ4v) is 3.80. The lowest BCUT2D eigenvalue weighted by molar-refractivity contribution is -0.121. The van der Waals surface area contributed by atoms with Crippen LogP contribution in [0.3, 0.4) is 0 Å². The Hall–Kier alpha value is -3.31. The Morgan fingerprint density at radius 1 is 1.13 bits per heavy atom. The van der Waals surface area contributed by atoms with Gasteiger partial charge in [-0.15, -0.1) is 0 Å². The van der Waals surface area contributed by atoms with Crippen LogP contribution >= 0.6 is 0 Å². The average Bonchev–Trinajstić information content (AvgIpc) is 3.11. The molecule has 0 bridgehead atoms. The molecule has 2 aromatic carbocycles. The number of nitrogens with one attached hydrogen (secondary N) is 3. The molecule has 1 amide bonds. The molecule has 10 nitrogen and oxygen atoms in total. The van der Waals surface area contributed by atoms with Crippen LogP contribution in [0.4, 0.5) is 0 Å². The molecule has 0 spiro atoms. The number of aromatic nitrogens is 1. The van der Waals surface area contributed by atoms with E-state index in [0.717, 1.165) is 5.56 Å². The van der Waals surface area contributed by atoms with Crippen LogP contribution in [0, 0.1) is 0 Å². The van der Waals surface area contributed by atoms with Crippen LogP contribution in [-0.2, 0) is 21.4 Å². The Morgan fingerprint density at radius 2 is 1.93 bits per heavy atom. The van der Waals surface area contributed by atoms with Crippen molar-refractivity contribution in [1.29, 1.82) is 0 Å². The highest BCUT2D eigenvalue weighted by molar-refractivity contribution is 7.89. The fraction of sp³-hybridized carbons (Fsp3) is 0.263.